The highest BCUT2D eigenvalue weighted by molar-refractivity contribution is 7.98. The lowest BCUT2D eigenvalue weighted by Crippen LogP contribution is -2.27. The summed E-state index contributed by atoms with van der Waals surface area (Å²) >= 11 is 7.59. The molecule has 162 valence electrons. The van der Waals surface area contributed by atoms with Crippen LogP contribution in [0.5, 0.6) is 0 Å². The van der Waals surface area contributed by atoms with Gasteiger partial charge in [0.2, 0.25) is 0 Å². The second-order valence-corrected chi connectivity index (χ2v) is 7.52. The SMILES string of the molecule is COCCNC(=O)c1ccc(NC(=O)c2cnc(SC)n2-c2ccc(F)cc2)cc1Cl. The highest BCUT2D eigenvalue weighted by Gasteiger charge is 2.19. The summed E-state index contributed by atoms with van der Waals surface area (Å²) < 4.78 is 19.9. The third-order valence-electron chi connectivity index (χ3n) is 4.29. The van der Waals surface area contributed by atoms with Crippen LogP contribution in [-0.4, -0.2) is 47.9 Å². The summed E-state index contributed by atoms with van der Waals surface area (Å²) in [6.07, 6.45) is 3.28. The summed E-state index contributed by atoms with van der Waals surface area (Å²) in [6, 6.07) is 10.4. The Kier molecular flexibility index (Phi) is 7.67. The van der Waals surface area contributed by atoms with Crippen LogP contribution < -0.4 is 10.6 Å². The molecule has 0 radical (unpaired) electrons. The molecule has 0 saturated carbocycles. The maximum atomic E-state index is 13.3. The Hall–Kier alpha value is -2.88. The second-order valence-electron chi connectivity index (χ2n) is 6.34. The van der Waals surface area contributed by atoms with Crippen LogP contribution in [0.4, 0.5) is 10.1 Å². The molecule has 31 heavy (non-hydrogen) atoms. The van der Waals surface area contributed by atoms with Crippen LogP contribution in [0.25, 0.3) is 5.69 Å². The van der Waals surface area contributed by atoms with Crippen LogP contribution in [0.1, 0.15) is 20.8 Å². The third-order valence-corrected chi connectivity index (χ3v) is 5.26. The van der Waals surface area contributed by atoms with Gasteiger partial charge in [-0.3, -0.25) is 14.2 Å². The van der Waals surface area contributed by atoms with Crippen LogP contribution in [0.15, 0.2) is 53.8 Å². The van der Waals surface area contributed by atoms with Crippen LogP contribution in [-0.2, 0) is 4.74 Å². The monoisotopic (exact) mass is 462 g/mol. The van der Waals surface area contributed by atoms with Gasteiger partial charge < -0.3 is 15.4 Å². The highest BCUT2D eigenvalue weighted by atomic mass is 35.5. The van der Waals surface area contributed by atoms with Crippen molar-refractivity contribution in [1.29, 1.82) is 0 Å². The number of carbonyl (C=O) groups excluding carboxylic acids is 2. The van der Waals surface area contributed by atoms with Crippen molar-refractivity contribution in [2.24, 2.45) is 0 Å². The van der Waals surface area contributed by atoms with Gasteiger partial charge in [-0.05, 0) is 48.7 Å². The number of benzene rings is 2. The van der Waals surface area contributed by atoms with E-state index in [1.807, 2.05) is 6.26 Å². The Morgan fingerprint density at radius 2 is 1.94 bits per heavy atom. The molecule has 0 fully saturated rings. The van der Waals surface area contributed by atoms with Crippen molar-refractivity contribution in [2.75, 3.05) is 31.8 Å². The van der Waals surface area contributed by atoms with Crippen molar-refractivity contribution in [2.45, 2.75) is 5.16 Å². The van der Waals surface area contributed by atoms with E-state index in [1.54, 1.807) is 29.9 Å². The highest BCUT2D eigenvalue weighted by Crippen LogP contribution is 2.25. The van der Waals surface area contributed by atoms with Crippen molar-refractivity contribution < 1.29 is 18.7 Å². The first-order valence-corrected chi connectivity index (χ1v) is 10.8. The number of anilines is 1. The van der Waals surface area contributed by atoms with Gasteiger partial charge in [0.15, 0.2) is 5.16 Å². The van der Waals surface area contributed by atoms with Crippen LogP contribution >= 0.6 is 23.4 Å². The Bertz CT molecular complexity index is 1090. The molecule has 7 nitrogen and oxygen atoms in total. The molecule has 0 spiro atoms. The number of hydrogen-bond donors (Lipinski definition) is 2. The molecule has 3 aromatic rings. The summed E-state index contributed by atoms with van der Waals surface area (Å²) in [5, 5.41) is 6.23. The minimum atomic E-state index is -0.425. The van der Waals surface area contributed by atoms with E-state index in [2.05, 4.69) is 15.6 Å². The summed E-state index contributed by atoms with van der Waals surface area (Å²) in [4.78, 5) is 29.4. The average Bonchev–Trinajstić information content (AvgIpc) is 3.19. The zero-order valence-corrected chi connectivity index (χ0v) is 18.4. The van der Waals surface area contributed by atoms with Gasteiger partial charge in [0.05, 0.1) is 23.4 Å². The minimum Gasteiger partial charge on any atom is -0.383 e. The number of ether oxygens (including phenoxy) is 1. The zero-order chi connectivity index (χ0) is 22.4. The van der Waals surface area contributed by atoms with E-state index in [1.165, 1.54) is 42.2 Å². The first kappa shape index (κ1) is 22.8. The van der Waals surface area contributed by atoms with Gasteiger partial charge in [0.1, 0.15) is 11.5 Å². The van der Waals surface area contributed by atoms with E-state index in [0.29, 0.717) is 29.7 Å². The normalized spacial score (nSPS) is 10.7. The van der Waals surface area contributed by atoms with Gasteiger partial charge in [-0.1, -0.05) is 23.4 Å². The molecule has 0 saturated heterocycles. The number of carbonyl (C=O) groups is 2. The lowest BCUT2D eigenvalue weighted by molar-refractivity contribution is 0.0936. The first-order valence-electron chi connectivity index (χ1n) is 9.20. The molecule has 1 heterocycles. The zero-order valence-electron chi connectivity index (χ0n) is 16.8. The first-order chi connectivity index (χ1) is 14.9. The molecule has 0 aliphatic heterocycles. The van der Waals surface area contributed by atoms with Crippen LogP contribution in [0.3, 0.4) is 0 Å². The summed E-state index contributed by atoms with van der Waals surface area (Å²) in [5.41, 5.74) is 1.58. The molecule has 0 unspecified atom stereocenters. The van der Waals surface area contributed by atoms with Gasteiger partial charge in [-0.25, -0.2) is 9.37 Å². The van der Waals surface area contributed by atoms with Crippen molar-refractivity contribution in [1.82, 2.24) is 14.9 Å². The van der Waals surface area contributed by atoms with Gasteiger partial charge in [0, 0.05) is 25.0 Å². The second kappa shape index (κ2) is 10.4. The van der Waals surface area contributed by atoms with Gasteiger partial charge >= 0.3 is 0 Å². The van der Waals surface area contributed by atoms with E-state index in [0.717, 1.165) is 0 Å². The number of amides is 2. The fraction of sp³-hybridized carbons (Fsp3) is 0.190. The molecular weight excluding hydrogens is 443 g/mol. The number of hydrogen-bond acceptors (Lipinski definition) is 5. The molecule has 3 rings (SSSR count). The Morgan fingerprint density at radius 3 is 2.58 bits per heavy atom. The maximum Gasteiger partial charge on any atom is 0.274 e. The number of nitrogens with one attached hydrogen (secondary N) is 2. The van der Waals surface area contributed by atoms with E-state index < -0.39 is 5.91 Å². The molecule has 2 aromatic carbocycles. The van der Waals surface area contributed by atoms with Gasteiger partial charge in [-0.15, -0.1) is 0 Å². The number of halogens is 2. The fourth-order valence-electron chi connectivity index (χ4n) is 2.81. The standard InChI is InChI=1S/C21H20ClFN4O3S/c1-30-10-9-24-19(28)16-8-5-14(11-17(16)22)26-20(29)18-12-25-21(31-2)27(18)15-6-3-13(23)4-7-15/h3-8,11-12H,9-10H2,1-2H3,(H,24,28)(H,26,29). The van der Waals surface area contributed by atoms with Crippen molar-refractivity contribution in [3.8, 4) is 5.69 Å². The fourth-order valence-corrected chi connectivity index (χ4v) is 3.62. The number of rotatable bonds is 8. The van der Waals surface area contributed by atoms with Gasteiger partial charge in [-0.2, -0.15) is 0 Å². The molecule has 0 aliphatic carbocycles. The number of methoxy groups -OCH3 is 1. The quantitative estimate of drug-likeness (QED) is 0.390. The minimum absolute atomic E-state index is 0.199. The maximum absolute atomic E-state index is 13.3. The van der Waals surface area contributed by atoms with E-state index in [-0.39, 0.29) is 28.0 Å². The molecule has 1 aromatic heterocycles. The topological polar surface area (TPSA) is 85.2 Å². The smallest absolute Gasteiger partial charge is 0.274 e. The molecule has 2 amide bonds. The molecule has 0 atom stereocenters. The van der Waals surface area contributed by atoms with E-state index in [4.69, 9.17) is 16.3 Å². The molecule has 0 bridgehead atoms. The van der Waals surface area contributed by atoms with Crippen molar-refractivity contribution in [3.63, 3.8) is 0 Å². The average molecular weight is 463 g/mol. The Morgan fingerprint density at radius 1 is 1.19 bits per heavy atom. The predicted octanol–water partition coefficient (Wildman–Crippen LogP) is 4.02. The summed E-state index contributed by atoms with van der Waals surface area (Å²) in [5.74, 6) is -1.13. The predicted molar refractivity (Wildman–Crippen MR) is 119 cm³/mol. The van der Waals surface area contributed by atoms with Crippen LogP contribution in [0, 0.1) is 5.82 Å². The number of nitrogens with zero attached hydrogens (tertiary/aromatic N) is 2. The lowest BCUT2D eigenvalue weighted by Gasteiger charge is -2.12. The summed E-state index contributed by atoms with van der Waals surface area (Å²) in [6.45, 7) is 0.743. The van der Waals surface area contributed by atoms with Crippen molar-refractivity contribution >= 4 is 40.9 Å². The number of thioether (sulfide) groups is 1. The van der Waals surface area contributed by atoms with Crippen LogP contribution in [0.2, 0.25) is 5.02 Å². The lowest BCUT2D eigenvalue weighted by atomic mass is 10.2. The van der Waals surface area contributed by atoms with Crippen molar-refractivity contribution in [3.05, 3.63) is 70.8 Å². The third kappa shape index (κ3) is 5.43. The largest absolute Gasteiger partial charge is 0.383 e. The molecule has 2 N–H and O–H groups in total. The Labute approximate surface area is 188 Å². The van der Waals surface area contributed by atoms with E-state index >= 15 is 0 Å². The summed E-state index contributed by atoms with van der Waals surface area (Å²) in [7, 11) is 1.54. The number of imidazole rings is 1. The van der Waals surface area contributed by atoms with Gasteiger partial charge in [0.25, 0.3) is 11.8 Å². The van der Waals surface area contributed by atoms with E-state index in [9.17, 15) is 14.0 Å². The number of aromatic nitrogens is 2. The molecule has 0 aliphatic rings. The molecular formula is C21H20ClFN4O3S. The molecule has 10 heteroatoms. The Balaban J connectivity index is 1.81.